The highest BCUT2D eigenvalue weighted by Gasteiger charge is 2.16. The summed E-state index contributed by atoms with van der Waals surface area (Å²) in [6.07, 6.45) is 0.243. The van der Waals surface area contributed by atoms with Gasteiger partial charge in [-0.3, -0.25) is 0 Å². The molecule has 0 saturated heterocycles. The molecule has 0 amide bonds. The number of rotatable bonds is 6. The van der Waals surface area contributed by atoms with Crippen molar-refractivity contribution in [2.24, 2.45) is 0 Å². The van der Waals surface area contributed by atoms with Crippen LogP contribution in [0, 0.1) is 17.5 Å². The van der Waals surface area contributed by atoms with Crippen molar-refractivity contribution < 1.29 is 21.6 Å². The van der Waals surface area contributed by atoms with Crippen molar-refractivity contribution in [1.82, 2.24) is 9.71 Å². The lowest BCUT2D eigenvalue weighted by atomic mass is 10.2. The van der Waals surface area contributed by atoms with Gasteiger partial charge in [0.15, 0.2) is 0 Å². The van der Waals surface area contributed by atoms with Crippen molar-refractivity contribution in [2.75, 3.05) is 6.54 Å². The van der Waals surface area contributed by atoms with Crippen molar-refractivity contribution in [1.29, 1.82) is 0 Å². The minimum Gasteiger partial charge on any atom is -0.241 e. The van der Waals surface area contributed by atoms with E-state index in [2.05, 4.69) is 9.71 Å². The Morgan fingerprint density at radius 3 is 2.31 bits per heavy atom. The van der Waals surface area contributed by atoms with Gasteiger partial charge in [0.2, 0.25) is 10.0 Å². The number of hydrogen-bond donors (Lipinski definition) is 1. The van der Waals surface area contributed by atoms with Crippen LogP contribution in [0.15, 0.2) is 52.7 Å². The molecule has 0 aliphatic rings. The van der Waals surface area contributed by atoms with Crippen molar-refractivity contribution in [3.8, 4) is 10.6 Å². The molecule has 0 atom stereocenters. The van der Waals surface area contributed by atoms with Crippen LogP contribution >= 0.6 is 11.3 Å². The Bertz CT molecular complexity index is 998. The molecule has 136 valence electrons. The highest BCUT2D eigenvalue weighted by atomic mass is 32.2. The number of hydrogen-bond acceptors (Lipinski definition) is 4. The first-order chi connectivity index (χ1) is 12.4. The third-order valence-corrected chi connectivity index (χ3v) is 5.91. The van der Waals surface area contributed by atoms with E-state index in [1.165, 1.54) is 18.2 Å². The predicted octanol–water partition coefficient (Wildman–Crippen LogP) is 3.75. The average molecular weight is 398 g/mol. The highest BCUT2D eigenvalue weighted by Crippen LogP contribution is 2.28. The fourth-order valence-corrected chi connectivity index (χ4v) is 4.18. The molecule has 1 aromatic heterocycles. The number of thiazole rings is 1. The van der Waals surface area contributed by atoms with Crippen LogP contribution in [0.4, 0.5) is 13.2 Å². The predicted molar refractivity (Wildman–Crippen MR) is 92.8 cm³/mol. The molecule has 0 radical (unpaired) electrons. The maximum Gasteiger partial charge on any atom is 0.240 e. The minimum atomic E-state index is -3.77. The molecule has 0 bridgehead atoms. The zero-order valence-corrected chi connectivity index (χ0v) is 14.9. The van der Waals surface area contributed by atoms with Gasteiger partial charge in [-0.1, -0.05) is 6.07 Å². The zero-order valence-electron chi connectivity index (χ0n) is 13.2. The number of aromatic nitrogens is 1. The molecule has 2 aromatic carbocycles. The van der Waals surface area contributed by atoms with Crippen molar-refractivity contribution >= 4 is 21.4 Å². The van der Waals surface area contributed by atoms with Crippen LogP contribution in [0.25, 0.3) is 10.6 Å². The molecule has 26 heavy (non-hydrogen) atoms. The van der Waals surface area contributed by atoms with Gasteiger partial charge < -0.3 is 0 Å². The highest BCUT2D eigenvalue weighted by molar-refractivity contribution is 7.89. The van der Waals surface area contributed by atoms with E-state index in [0.29, 0.717) is 5.69 Å². The normalized spacial score (nSPS) is 11.7. The monoisotopic (exact) mass is 398 g/mol. The van der Waals surface area contributed by atoms with E-state index in [4.69, 9.17) is 0 Å². The van der Waals surface area contributed by atoms with Gasteiger partial charge in [0.05, 0.1) is 16.2 Å². The molecule has 3 rings (SSSR count). The van der Waals surface area contributed by atoms with Crippen molar-refractivity contribution in [2.45, 2.75) is 11.3 Å². The molecule has 0 spiro atoms. The number of benzene rings is 2. The van der Waals surface area contributed by atoms with Crippen LogP contribution < -0.4 is 4.72 Å². The molecule has 1 N–H and O–H groups in total. The zero-order chi connectivity index (χ0) is 18.7. The molecule has 4 nitrogen and oxygen atoms in total. The summed E-state index contributed by atoms with van der Waals surface area (Å²) in [6, 6.07) is 8.02. The van der Waals surface area contributed by atoms with Crippen molar-refractivity contribution in [3.63, 3.8) is 0 Å². The first-order valence-electron chi connectivity index (χ1n) is 7.51. The quantitative estimate of drug-likeness (QED) is 0.688. The average Bonchev–Trinajstić information content (AvgIpc) is 3.03. The van der Waals surface area contributed by atoms with Crippen LogP contribution in [0.5, 0.6) is 0 Å². The molecule has 9 heteroatoms. The van der Waals surface area contributed by atoms with E-state index in [-0.39, 0.29) is 28.4 Å². The molecule has 0 unspecified atom stereocenters. The summed E-state index contributed by atoms with van der Waals surface area (Å²) in [7, 11) is -3.77. The number of sulfonamides is 1. The summed E-state index contributed by atoms with van der Waals surface area (Å²) in [5.74, 6) is -1.94. The SMILES string of the molecule is O=S(=O)(NCCc1csc(-c2c(F)cccc2F)n1)c1ccc(F)cc1. The van der Waals surface area contributed by atoms with Gasteiger partial charge in [0, 0.05) is 18.3 Å². The van der Waals surface area contributed by atoms with Crippen LogP contribution in [0.3, 0.4) is 0 Å². The summed E-state index contributed by atoms with van der Waals surface area (Å²) in [5, 5.41) is 1.81. The minimum absolute atomic E-state index is 0.0443. The van der Waals surface area contributed by atoms with Crippen LogP contribution in [0.2, 0.25) is 0 Å². The smallest absolute Gasteiger partial charge is 0.240 e. The van der Waals surface area contributed by atoms with Gasteiger partial charge in [-0.25, -0.2) is 31.3 Å². The fraction of sp³-hybridized carbons (Fsp3) is 0.118. The van der Waals surface area contributed by atoms with Gasteiger partial charge in [0.1, 0.15) is 22.5 Å². The Morgan fingerprint density at radius 1 is 1.00 bits per heavy atom. The largest absolute Gasteiger partial charge is 0.241 e. The summed E-state index contributed by atoms with van der Waals surface area (Å²) < 4.78 is 67.0. The summed E-state index contributed by atoms with van der Waals surface area (Å²) in [6.45, 7) is 0.0443. The first-order valence-corrected chi connectivity index (χ1v) is 9.87. The Kier molecular flexibility index (Phi) is 5.40. The molecular weight excluding hydrogens is 385 g/mol. The molecule has 3 aromatic rings. The van der Waals surface area contributed by atoms with Crippen LogP contribution in [0.1, 0.15) is 5.69 Å². The maximum absolute atomic E-state index is 13.8. The Morgan fingerprint density at radius 2 is 1.65 bits per heavy atom. The van der Waals surface area contributed by atoms with E-state index in [9.17, 15) is 21.6 Å². The fourth-order valence-electron chi connectivity index (χ4n) is 2.25. The lowest BCUT2D eigenvalue weighted by Gasteiger charge is -2.05. The van der Waals surface area contributed by atoms with Crippen LogP contribution in [-0.2, 0) is 16.4 Å². The van der Waals surface area contributed by atoms with E-state index < -0.39 is 27.5 Å². The van der Waals surface area contributed by atoms with E-state index in [1.807, 2.05) is 0 Å². The van der Waals surface area contributed by atoms with Crippen molar-refractivity contribution in [3.05, 3.63) is 71.0 Å². The van der Waals surface area contributed by atoms with E-state index in [0.717, 1.165) is 35.6 Å². The molecule has 0 aliphatic heterocycles. The molecule has 0 saturated carbocycles. The second-order valence-corrected chi connectivity index (χ2v) is 7.97. The molecule has 1 heterocycles. The van der Waals surface area contributed by atoms with Crippen LogP contribution in [-0.4, -0.2) is 19.9 Å². The summed E-state index contributed by atoms with van der Waals surface area (Å²) >= 11 is 1.08. The first kappa shape index (κ1) is 18.6. The van der Waals surface area contributed by atoms with E-state index >= 15 is 0 Å². The molecule has 0 fully saturated rings. The Labute approximate surface area is 152 Å². The number of nitrogens with zero attached hydrogens (tertiary/aromatic N) is 1. The number of halogens is 3. The second kappa shape index (κ2) is 7.56. The van der Waals surface area contributed by atoms with Gasteiger partial charge in [-0.15, -0.1) is 11.3 Å². The third-order valence-electron chi connectivity index (χ3n) is 3.53. The van der Waals surface area contributed by atoms with Gasteiger partial charge in [0.25, 0.3) is 0 Å². The maximum atomic E-state index is 13.8. The van der Waals surface area contributed by atoms with Gasteiger partial charge in [-0.05, 0) is 36.4 Å². The topological polar surface area (TPSA) is 59.1 Å². The van der Waals surface area contributed by atoms with E-state index in [1.54, 1.807) is 5.38 Å². The lowest BCUT2D eigenvalue weighted by molar-refractivity contribution is 0.580. The second-order valence-electron chi connectivity index (χ2n) is 5.34. The summed E-state index contributed by atoms with van der Waals surface area (Å²) in [4.78, 5) is 4.11. The standard InChI is InChI=1S/C17H13F3N2O2S2/c18-11-4-6-13(7-5-11)26(23,24)21-9-8-12-10-25-17(22-12)16-14(19)2-1-3-15(16)20/h1-7,10,21H,8-9H2. The molecule has 0 aliphatic carbocycles. The summed E-state index contributed by atoms with van der Waals surface area (Å²) in [5.41, 5.74) is 0.310. The number of nitrogens with one attached hydrogen (secondary N) is 1. The third kappa shape index (κ3) is 4.12. The molecular formula is C17H13F3N2O2S2. The van der Waals surface area contributed by atoms with Gasteiger partial charge in [-0.2, -0.15) is 0 Å². The Balaban J connectivity index is 1.66. The van der Waals surface area contributed by atoms with Gasteiger partial charge >= 0.3 is 0 Å². The Hall–Kier alpha value is -2.23. The lowest BCUT2D eigenvalue weighted by Crippen LogP contribution is -2.26.